The third-order valence-corrected chi connectivity index (χ3v) is 3.73. The molecule has 1 fully saturated rings. The number of benzene rings is 1. The molecule has 1 aromatic carbocycles. The average Bonchev–Trinajstić information content (AvgIpc) is 3.03. The van der Waals surface area contributed by atoms with E-state index in [2.05, 4.69) is 29.2 Å². The third-order valence-electron chi connectivity index (χ3n) is 3.73. The smallest absolute Gasteiger partial charge is 0.201 e. The van der Waals surface area contributed by atoms with Gasteiger partial charge in [-0.2, -0.15) is 0 Å². The molecule has 3 nitrogen and oxygen atoms in total. The highest BCUT2D eigenvalue weighted by Crippen LogP contribution is 2.49. The molecule has 2 aromatic rings. The Morgan fingerprint density at radius 2 is 1.95 bits per heavy atom. The molecule has 1 aliphatic carbocycles. The molecular weight excluding hydrogens is 238 g/mol. The quantitative estimate of drug-likeness (QED) is 0.786. The SMILES string of the molecule is CN(C)c1ccc(C2CC2C(=O)c2ccco2)cc1. The summed E-state index contributed by atoms with van der Waals surface area (Å²) in [4.78, 5) is 14.2. The Hall–Kier alpha value is -2.03. The Morgan fingerprint density at radius 3 is 2.53 bits per heavy atom. The molecule has 1 aromatic heterocycles. The van der Waals surface area contributed by atoms with Crippen molar-refractivity contribution in [3.05, 3.63) is 54.0 Å². The van der Waals surface area contributed by atoms with Crippen molar-refractivity contribution >= 4 is 11.5 Å². The van der Waals surface area contributed by atoms with Gasteiger partial charge in [0, 0.05) is 25.7 Å². The topological polar surface area (TPSA) is 33.5 Å². The number of nitrogens with zero attached hydrogens (tertiary/aromatic N) is 1. The summed E-state index contributed by atoms with van der Waals surface area (Å²) in [6.45, 7) is 0. The van der Waals surface area contributed by atoms with Gasteiger partial charge in [-0.15, -0.1) is 0 Å². The fraction of sp³-hybridized carbons (Fsp3) is 0.312. The first-order valence-corrected chi connectivity index (χ1v) is 6.52. The van der Waals surface area contributed by atoms with E-state index in [-0.39, 0.29) is 11.7 Å². The zero-order valence-corrected chi connectivity index (χ0v) is 11.2. The van der Waals surface area contributed by atoms with Gasteiger partial charge in [-0.3, -0.25) is 4.79 Å². The van der Waals surface area contributed by atoms with E-state index in [1.807, 2.05) is 14.1 Å². The fourth-order valence-corrected chi connectivity index (χ4v) is 2.47. The molecule has 0 saturated heterocycles. The normalized spacial score (nSPS) is 21.2. The molecule has 2 unspecified atom stereocenters. The van der Waals surface area contributed by atoms with Gasteiger partial charge in [0.1, 0.15) is 0 Å². The monoisotopic (exact) mass is 255 g/mol. The summed E-state index contributed by atoms with van der Waals surface area (Å²) in [5.41, 5.74) is 2.42. The van der Waals surface area contributed by atoms with Crippen molar-refractivity contribution in [3.63, 3.8) is 0 Å². The minimum Gasteiger partial charge on any atom is -0.461 e. The van der Waals surface area contributed by atoms with Crippen molar-refractivity contribution in [3.8, 4) is 0 Å². The zero-order valence-electron chi connectivity index (χ0n) is 11.2. The van der Waals surface area contributed by atoms with E-state index < -0.39 is 0 Å². The first kappa shape index (κ1) is 12.0. The molecule has 3 rings (SSSR count). The summed E-state index contributed by atoms with van der Waals surface area (Å²) in [5, 5.41) is 0. The van der Waals surface area contributed by atoms with Gasteiger partial charge in [-0.1, -0.05) is 12.1 Å². The van der Waals surface area contributed by atoms with E-state index in [0.29, 0.717) is 11.7 Å². The predicted octanol–water partition coefficient (Wildman–Crippen LogP) is 3.33. The molecule has 98 valence electrons. The minimum absolute atomic E-state index is 0.0938. The van der Waals surface area contributed by atoms with E-state index in [1.54, 1.807) is 18.4 Å². The number of hydrogen-bond donors (Lipinski definition) is 0. The van der Waals surface area contributed by atoms with E-state index in [9.17, 15) is 4.79 Å². The van der Waals surface area contributed by atoms with E-state index in [4.69, 9.17) is 4.42 Å². The lowest BCUT2D eigenvalue weighted by atomic mass is 10.1. The Bertz CT molecular complexity index is 569. The fourth-order valence-electron chi connectivity index (χ4n) is 2.47. The number of Topliss-reactive ketones (excluding diaryl/α,β-unsaturated/α-hetero) is 1. The molecule has 0 bridgehead atoms. The van der Waals surface area contributed by atoms with Gasteiger partial charge in [-0.25, -0.2) is 0 Å². The number of hydrogen-bond acceptors (Lipinski definition) is 3. The van der Waals surface area contributed by atoms with Crippen LogP contribution in [0.5, 0.6) is 0 Å². The molecule has 0 N–H and O–H groups in total. The second kappa shape index (κ2) is 4.57. The van der Waals surface area contributed by atoms with Crippen molar-refractivity contribution in [1.29, 1.82) is 0 Å². The minimum atomic E-state index is 0.0938. The maximum atomic E-state index is 12.1. The second-order valence-corrected chi connectivity index (χ2v) is 5.28. The zero-order chi connectivity index (χ0) is 13.4. The number of carbonyl (C=O) groups excluding carboxylic acids is 1. The maximum Gasteiger partial charge on any atom is 0.201 e. The molecule has 0 aliphatic heterocycles. The van der Waals surface area contributed by atoms with Crippen molar-refractivity contribution in [2.24, 2.45) is 5.92 Å². The number of carbonyl (C=O) groups is 1. The molecule has 19 heavy (non-hydrogen) atoms. The molecule has 3 heteroatoms. The van der Waals surface area contributed by atoms with Gasteiger partial charge in [-0.05, 0) is 42.2 Å². The summed E-state index contributed by atoms with van der Waals surface area (Å²) >= 11 is 0. The highest BCUT2D eigenvalue weighted by molar-refractivity contribution is 5.98. The average molecular weight is 255 g/mol. The predicted molar refractivity (Wildman–Crippen MR) is 74.7 cm³/mol. The summed E-state index contributed by atoms with van der Waals surface area (Å²) in [5.74, 6) is 1.06. The maximum absolute atomic E-state index is 12.1. The summed E-state index contributed by atoms with van der Waals surface area (Å²) in [6.07, 6.45) is 2.48. The summed E-state index contributed by atoms with van der Waals surface area (Å²) in [6, 6.07) is 11.9. The van der Waals surface area contributed by atoms with Crippen LogP contribution in [0, 0.1) is 5.92 Å². The Labute approximate surface area is 112 Å². The van der Waals surface area contributed by atoms with Crippen LogP contribution in [0.2, 0.25) is 0 Å². The van der Waals surface area contributed by atoms with Crippen molar-refractivity contribution < 1.29 is 9.21 Å². The molecule has 0 amide bonds. The Balaban J connectivity index is 1.71. The summed E-state index contributed by atoms with van der Waals surface area (Å²) < 4.78 is 5.18. The molecule has 2 atom stereocenters. The van der Waals surface area contributed by atoms with Crippen molar-refractivity contribution in [2.45, 2.75) is 12.3 Å². The van der Waals surface area contributed by atoms with Gasteiger partial charge in [0.2, 0.25) is 5.78 Å². The van der Waals surface area contributed by atoms with E-state index in [0.717, 1.165) is 6.42 Å². The van der Waals surface area contributed by atoms with Gasteiger partial charge < -0.3 is 9.32 Å². The lowest BCUT2D eigenvalue weighted by molar-refractivity contribution is 0.0938. The molecule has 0 spiro atoms. The number of ketones is 1. The van der Waals surface area contributed by atoms with Crippen molar-refractivity contribution in [2.75, 3.05) is 19.0 Å². The number of rotatable bonds is 4. The van der Waals surface area contributed by atoms with Crippen LogP contribution in [-0.4, -0.2) is 19.9 Å². The molecule has 1 aliphatic rings. The molecule has 1 heterocycles. The molecular formula is C16H17NO2. The van der Waals surface area contributed by atoms with Crippen LogP contribution in [0.4, 0.5) is 5.69 Å². The van der Waals surface area contributed by atoms with Gasteiger partial charge in [0.05, 0.1) is 6.26 Å². The highest BCUT2D eigenvalue weighted by Gasteiger charge is 2.44. The van der Waals surface area contributed by atoms with Crippen LogP contribution >= 0.6 is 0 Å². The van der Waals surface area contributed by atoms with Crippen LogP contribution in [0.1, 0.15) is 28.5 Å². The Kier molecular flexibility index (Phi) is 2.90. The number of furan rings is 1. The van der Waals surface area contributed by atoms with E-state index in [1.165, 1.54) is 11.3 Å². The Morgan fingerprint density at radius 1 is 1.21 bits per heavy atom. The number of anilines is 1. The lowest BCUT2D eigenvalue weighted by Gasteiger charge is -2.12. The van der Waals surface area contributed by atoms with Crippen LogP contribution in [0.15, 0.2) is 47.1 Å². The third kappa shape index (κ3) is 2.28. The van der Waals surface area contributed by atoms with Gasteiger partial charge in [0.25, 0.3) is 0 Å². The van der Waals surface area contributed by atoms with Crippen LogP contribution in [-0.2, 0) is 0 Å². The first-order valence-electron chi connectivity index (χ1n) is 6.52. The second-order valence-electron chi connectivity index (χ2n) is 5.28. The highest BCUT2D eigenvalue weighted by atomic mass is 16.3. The van der Waals surface area contributed by atoms with Crippen LogP contribution in [0.3, 0.4) is 0 Å². The molecule has 1 saturated carbocycles. The molecule has 0 radical (unpaired) electrons. The standard InChI is InChI=1S/C16H17NO2/c1-17(2)12-7-5-11(6-8-12)13-10-14(13)16(18)15-4-3-9-19-15/h3-9,13-14H,10H2,1-2H3. The van der Waals surface area contributed by atoms with E-state index >= 15 is 0 Å². The van der Waals surface area contributed by atoms with Gasteiger partial charge >= 0.3 is 0 Å². The van der Waals surface area contributed by atoms with Crippen LogP contribution < -0.4 is 4.90 Å². The van der Waals surface area contributed by atoms with Crippen molar-refractivity contribution in [1.82, 2.24) is 0 Å². The largest absolute Gasteiger partial charge is 0.461 e. The van der Waals surface area contributed by atoms with Gasteiger partial charge in [0.15, 0.2) is 5.76 Å². The van der Waals surface area contributed by atoms with Crippen LogP contribution in [0.25, 0.3) is 0 Å². The first-order chi connectivity index (χ1) is 9.16. The lowest BCUT2D eigenvalue weighted by Crippen LogP contribution is -2.08. The summed E-state index contributed by atoms with van der Waals surface area (Å²) in [7, 11) is 4.05.